The molecule has 0 amide bonds. The predicted octanol–water partition coefficient (Wildman–Crippen LogP) is 2.48. The zero-order valence-electron chi connectivity index (χ0n) is 11.1. The highest BCUT2D eigenvalue weighted by molar-refractivity contribution is 7.80. The van der Waals surface area contributed by atoms with Crippen LogP contribution in [0.25, 0.3) is 0 Å². The van der Waals surface area contributed by atoms with E-state index in [1.165, 1.54) is 32.1 Å². The fourth-order valence-corrected chi connectivity index (χ4v) is 2.44. The number of ether oxygens (including phenoxy) is 1. The molecule has 0 aliphatic heterocycles. The molecule has 0 saturated heterocycles. The van der Waals surface area contributed by atoms with Crippen LogP contribution in [-0.2, 0) is 4.74 Å². The van der Waals surface area contributed by atoms with Crippen molar-refractivity contribution >= 4 is 22.9 Å². The summed E-state index contributed by atoms with van der Waals surface area (Å²) in [5.74, 6) is 0. The molecule has 1 saturated carbocycles. The van der Waals surface area contributed by atoms with Gasteiger partial charge in [0.05, 0.1) is 18.4 Å². The van der Waals surface area contributed by atoms with Crippen molar-refractivity contribution in [3.05, 3.63) is 24.0 Å². The number of rotatable bonds is 6. The number of hydrogen-bond acceptors (Lipinski definition) is 4. The van der Waals surface area contributed by atoms with E-state index in [4.69, 9.17) is 22.7 Å². The Morgan fingerprint density at radius 1 is 1.42 bits per heavy atom. The number of nitrogens with zero attached hydrogens (tertiary/aromatic N) is 1. The van der Waals surface area contributed by atoms with Gasteiger partial charge in [-0.3, -0.25) is 4.98 Å². The molecule has 1 aliphatic rings. The standard InChI is InChI=1S/C14H21N3OS/c15-14(19)13-10-11(6-7-17-13)16-8-9-18-12-4-2-1-3-5-12/h6-7,10,12H,1-5,8-9H2,(H2,15,19)(H,16,17). The van der Waals surface area contributed by atoms with E-state index in [0.717, 1.165) is 18.8 Å². The van der Waals surface area contributed by atoms with E-state index in [9.17, 15) is 0 Å². The van der Waals surface area contributed by atoms with Gasteiger partial charge in [-0.25, -0.2) is 0 Å². The molecule has 1 aromatic heterocycles. The van der Waals surface area contributed by atoms with Crippen molar-refractivity contribution in [3.63, 3.8) is 0 Å². The lowest BCUT2D eigenvalue weighted by molar-refractivity contribution is 0.0347. The van der Waals surface area contributed by atoms with Crippen molar-refractivity contribution in [3.8, 4) is 0 Å². The number of aromatic nitrogens is 1. The molecule has 0 spiro atoms. The fourth-order valence-electron chi connectivity index (χ4n) is 2.33. The second-order valence-corrected chi connectivity index (χ2v) is 5.29. The molecule has 2 rings (SSSR count). The summed E-state index contributed by atoms with van der Waals surface area (Å²) >= 11 is 4.91. The number of anilines is 1. The lowest BCUT2D eigenvalue weighted by Crippen LogP contribution is -2.20. The van der Waals surface area contributed by atoms with Gasteiger partial charge in [0, 0.05) is 18.4 Å². The third-order valence-electron chi connectivity index (χ3n) is 3.35. The van der Waals surface area contributed by atoms with Crippen molar-refractivity contribution in [1.82, 2.24) is 4.98 Å². The number of thiocarbonyl (C=S) groups is 1. The highest BCUT2D eigenvalue weighted by Gasteiger charge is 2.12. The van der Waals surface area contributed by atoms with Crippen LogP contribution in [0.5, 0.6) is 0 Å². The summed E-state index contributed by atoms with van der Waals surface area (Å²) in [6.45, 7) is 1.52. The van der Waals surface area contributed by atoms with E-state index in [2.05, 4.69) is 10.3 Å². The Balaban J connectivity index is 1.70. The first kappa shape index (κ1) is 14.2. The monoisotopic (exact) mass is 279 g/mol. The van der Waals surface area contributed by atoms with Crippen molar-refractivity contribution in [2.75, 3.05) is 18.5 Å². The summed E-state index contributed by atoms with van der Waals surface area (Å²) in [5, 5.41) is 3.30. The second kappa shape index (κ2) is 7.40. The smallest absolute Gasteiger partial charge is 0.122 e. The van der Waals surface area contributed by atoms with Gasteiger partial charge >= 0.3 is 0 Å². The maximum Gasteiger partial charge on any atom is 0.122 e. The first-order valence-electron chi connectivity index (χ1n) is 6.87. The minimum absolute atomic E-state index is 0.321. The molecule has 1 aromatic rings. The van der Waals surface area contributed by atoms with Gasteiger partial charge < -0.3 is 15.8 Å². The minimum Gasteiger partial charge on any atom is -0.388 e. The summed E-state index contributed by atoms with van der Waals surface area (Å²) in [5.41, 5.74) is 7.17. The Bertz CT molecular complexity index is 419. The molecule has 0 bridgehead atoms. The van der Waals surface area contributed by atoms with Crippen LogP contribution in [0.3, 0.4) is 0 Å². The van der Waals surface area contributed by atoms with Crippen molar-refractivity contribution < 1.29 is 4.74 Å². The summed E-state index contributed by atoms with van der Waals surface area (Å²) < 4.78 is 5.85. The van der Waals surface area contributed by atoms with Crippen LogP contribution in [0.2, 0.25) is 0 Å². The molecule has 0 aromatic carbocycles. The summed E-state index contributed by atoms with van der Waals surface area (Å²) in [6, 6.07) is 3.77. The molecule has 5 heteroatoms. The first-order chi connectivity index (χ1) is 9.25. The van der Waals surface area contributed by atoms with E-state index in [1.54, 1.807) is 6.20 Å². The normalized spacial score (nSPS) is 16.2. The van der Waals surface area contributed by atoms with E-state index < -0.39 is 0 Å². The molecule has 0 unspecified atom stereocenters. The van der Waals surface area contributed by atoms with Crippen LogP contribution in [-0.4, -0.2) is 29.2 Å². The maximum absolute atomic E-state index is 5.85. The van der Waals surface area contributed by atoms with E-state index in [1.807, 2.05) is 12.1 Å². The molecule has 19 heavy (non-hydrogen) atoms. The lowest BCUT2D eigenvalue weighted by atomic mass is 9.98. The third-order valence-corrected chi connectivity index (χ3v) is 3.56. The third kappa shape index (κ3) is 4.76. The topological polar surface area (TPSA) is 60.2 Å². The number of hydrogen-bond donors (Lipinski definition) is 2. The average molecular weight is 279 g/mol. The van der Waals surface area contributed by atoms with Gasteiger partial charge in [0.15, 0.2) is 0 Å². The molecule has 1 fully saturated rings. The van der Waals surface area contributed by atoms with Gasteiger partial charge in [0.2, 0.25) is 0 Å². The van der Waals surface area contributed by atoms with Crippen LogP contribution in [0.1, 0.15) is 37.8 Å². The van der Waals surface area contributed by atoms with Crippen molar-refractivity contribution in [1.29, 1.82) is 0 Å². The number of nitrogens with one attached hydrogen (secondary N) is 1. The maximum atomic E-state index is 5.85. The molecule has 104 valence electrons. The van der Waals surface area contributed by atoms with Gasteiger partial charge in [-0.15, -0.1) is 0 Å². The SMILES string of the molecule is NC(=S)c1cc(NCCOC2CCCCC2)ccn1. The van der Waals surface area contributed by atoms with E-state index in [-0.39, 0.29) is 0 Å². The number of pyridine rings is 1. The van der Waals surface area contributed by atoms with Crippen molar-refractivity contribution in [2.45, 2.75) is 38.2 Å². The Labute approximate surface area is 119 Å². The average Bonchev–Trinajstić information content (AvgIpc) is 2.45. The fraction of sp³-hybridized carbons (Fsp3) is 0.571. The summed E-state index contributed by atoms with van der Waals surface area (Å²) in [4.78, 5) is 4.42. The summed E-state index contributed by atoms with van der Waals surface area (Å²) in [6.07, 6.45) is 8.55. The molecular formula is C14H21N3OS. The largest absolute Gasteiger partial charge is 0.388 e. The Kier molecular flexibility index (Phi) is 5.54. The van der Waals surface area contributed by atoms with Crippen LogP contribution >= 0.6 is 12.2 Å². The minimum atomic E-state index is 0.321. The Morgan fingerprint density at radius 2 is 2.21 bits per heavy atom. The molecule has 1 aliphatic carbocycles. The van der Waals surface area contributed by atoms with Crippen molar-refractivity contribution in [2.24, 2.45) is 5.73 Å². The van der Waals surface area contributed by atoms with E-state index >= 15 is 0 Å². The first-order valence-corrected chi connectivity index (χ1v) is 7.28. The summed E-state index contributed by atoms with van der Waals surface area (Å²) in [7, 11) is 0. The molecule has 0 atom stereocenters. The van der Waals surface area contributed by atoms with Gasteiger partial charge in [-0.05, 0) is 25.0 Å². The van der Waals surface area contributed by atoms with Gasteiger partial charge in [-0.1, -0.05) is 31.5 Å². The van der Waals surface area contributed by atoms with Crippen LogP contribution in [0.15, 0.2) is 18.3 Å². The van der Waals surface area contributed by atoms with Gasteiger partial charge in [0.25, 0.3) is 0 Å². The lowest BCUT2D eigenvalue weighted by Gasteiger charge is -2.22. The molecule has 4 nitrogen and oxygen atoms in total. The highest BCUT2D eigenvalue weighted by atomic mass is 32.1. The van der Waals surface area contributed by atoms with Crippen LogP contribution in [0, 0.1) is 0 Å². The highest BCUT2D eigenvalue weighted by Crippen LogP contribution is 2.20. The molecule has 3 N–H and O–H groups in total. The van der Waals surface area contributed by atoms with Gasteiger partial charge in [-0.2, -0.15) is 0 Å². The Morgan fingerprint density at radius 3 is 2.95 bits per heavy atom. The quantitative estimate of drug-likeness (QED) is 0.619. The zero-order valence-corrected chi connectivity index (χ0v) is 11.9. The zero-order chi connectivity index (χ0) is 13.5. The van der Waals surface area contributed by atoms with Crippen LogP contribution < -0.4 is 11.1 Å². The van der Waals surface area contributed by atoms with E-state index in [0.29, 0.717) is 16.8 Å². The number of nitrogens with two attached hydrogens (primary N) is 1. The van der Waals surface area contributed by atoms with Gasteiger partial charge in [0.1, 0.15) is 4.99 Å². The molecule has 1 heterocycles. The second-order valence-electron chi connectivity index (χ2n) is 4.85. The molecule has 0 radical (unpaired) electrons. The predicted molar refractivity (Wildman–Crippen MR) is 81.4 cm³/mol. The molecular weight excluding hydrogens is 258 g/mol. The Hall–Kier alpha value is -1.20. The van der Waals surface area contributed by atoms with Crippen LogP contribution in [0.4, 0.5) is 5.69 Å².